The van der Waals surface area contributed by atoms with Crippen molar-refractivity contribution in [3.63, 3.8) is 0 Å². The Hall–Kier alpha value is -3.32. The van der Waals surface area contributed by atoms with Gasteiger partial charge in [-0.15, -0.1) is 0 Å². The number of carbonyl (C=O) groups is 1. The summed E-state index contributed by atoms with van der Waals surface area (Å²) in [4.78, 5) is 24.1. The van der Waals surface area contributed by atoms with Gasteiger partial charge in [0.15, 0.2) is 5.78 Å². The first-order chi connectivity index (χ1) is 16.9. The molecule has 2 atom stereocenters. The molecule has 0 spiro atoms. The van der Waals surface area contributed by atoms with Crippen LogP contribution in [0.25, 0.3) is 11.3 Å². The summed E-state index contributed by atoms with van der Waals surface area (Å²) < 4.78 is 92.3. The van der Waals surface area contributed by atoms with Gasteiger partial charge in [-0.3, -0.25) is 9.78 Å². The third kappa shape index (κ3) is 5.57. The summed E-state index contributed by atoms with van der Waals surface area (Å²) in [6.45, 7) is -0.491. The highest BCUT2D eigenvalue weighted by molar-refractivity contribution is 7.89. The van der Waals surface area contributed by atoms with Gasteiger partial charge in [-0.2, -0.15) is 17.5 Å². The number of alkyl halides is 4. The van der Waals surface area contributed by atoms with Crippen molar-refractivity contribution < 1.29 is 35.2 Å². The molecule has 1 saturated heterocycles. The van der Waals surface area contributed by atoms with Gasteiger partial charge in [-0.1, -0.05) is 0 Å². The number of aryl methyl sites for hydroxylation is 1. The number of hydrogen-bond acceptors (Lipinski definition) is 6. The third-order valence-electron chi connectivity index (χ3n) is 5.70. The van der Waals surface area contributed by atoms with Crippen molar-refractivity contribution in [2.45, 2.75) is 42.5 Å². The molecule has 3 aromatic rings. The fraction of sp³-hybridized carbons (Fsp3) is 0.304. The molecule has 0 amide bonds. The number of halogens is 5. The van der Waals surface area contributed by atoms with Crippen LogP contribution in [0.1, 0.15) is 24.2 Å². The number of carbonyl (C=O) groups excluding carboxylic acids is 1. The molecule has 0 bridgehead atoms. The topological polar surface area (TPSA) is 93.1 Å². The molecule has 0 N–H and O–H groups in total. The van der Waals surface area contributed by atoms with Gasteiger partial charge < -0.3 is 0 Å². The lowest BCUT2D eigenvalue weighted by atomic mass is 10.0. The highest BCUT2D eigenvalue weighted by Crippen LogP contribution is 2.30. The Morgan fingerprint density at radius 1 is 1.06 bits per heavy atom. The molecular weight excluding hydrogens is 507 g/mol. The first-order valence-corrected chi connectivity index (χ1v) is 12.2. The first-order valence-electron chi connectivity index (χ1n) is 10.7. The molecule has 4 rings (SSSR count). The normalized spacial score (nSPS) is 18.9. The number of hydrogen-bond donors (Lipinski definition) is 0. The van der Waals surface area contributed by atoms with E-state index in [1.54, 1.807) is 0 Å². The van der Waals surface area contributed by atoms with Gasteiger partial charge in [0.05, 0.1) is 16.6 Å². The molecule has 1 aliphatic rings. The van der Waals surface area contributed by atoms with Gasteiger partial charge in [0.1, 0.15) is 24.0 Å². The lowest BCUT2D eigenvalue weighted by Gasteiger charge is -2.22. The van der Waals surface area contributed by atoms with E-state index in [1.165, 1.54) is 18.5 Å². The second kappa shape index (κ2) is 9.97. The maximum absolute atomic E-state index is 14.2. The zero-order valence-corrected chi connectivity index (χ0v) is 19.3. The van der Waals surface area contributed by atoms with Crippen LogP contribution >= 0.6 is 0 Å². The SMILES string of the molecule is O=C(CCc1cc(-c2ccc(C(F)(F)F)nc2)ncn1)[C@@H]1C[C@H](F)CN1S(=O)(=O)c1ccc(F)cc1. The van der Waals surface area contributed by atoms with E-state index in [4.69, 9.17) is 0 Å². The monoisotopic (exact) mass is 526 g/mol. The second-order valence-electron chi connectivity index (χ2n) is 8.17. The average Bonchev–Trinajstić information content (AvgIpc) is 3.25. The third-order valence-corrected chi connectivity index (χ3v) is 7.59. The minimum absolute atomic E-state index is 0.0697. The van der Waals surface area contributed by atoms with Gasteiger partial charge in [0, 0.05) is 36.8 Å². The van der Waals surface area contributed by atoms with E-state index >= 15 is 0 Å². The molecule has 0 saturated carbocycles. The minimum atomic E-state index is -4.58. The summed E-state index contributed by atoms with van der Waals surface area (Å²) in [6.07, 6.45) is -4.29. The van der Waals surface area contributed by atoms with Crippen LogP contribution in [0.3, 0.4) is 0 Å². The Morgan fingerprint density at radius 2 is 1.78 bits per heavy atom. The van der Waals surface area contributed by atoms with Crippen LogP contribution in [0.5, 0.6) is 0 Å². The number of nitrogens with zero attached hydrogens (tertiary/aromatic N) is 4. The van der Waals surface area contributed by atoms with Crippen molar-refractivity contribution >= 4 is 15.8 Å². The van der Waals surface area contributed by atoms with E-state index in [2.05, 4.69) is 15.0 Å². The number of ketones is 1. The molecule has 1 aliphatic heterocycles. The maximum atomic E-state index is 14.2. The van der Waals surface area contributed by atoms with Crippen LogP contribution in [0, 0.1) is 5.82 Å². The van der Waals surface area contributed by atoms with Crippen molar-refractivity contribution in [1.82, 2.24) is 19.3 Å². The predicted octanol–water partition coefficient (Wildman–Crippen LogP) is 4.00. The zero-order chi connectivity index (χ0) is 26.1. The van der Waals surface area contributed by atoms with E-state index in [9.17, 15) is 35.2 Å². The first kappa shape index (κ1) is 25.8. The molecule has 3 heterocycles. The Morgan fingerprint density at radius 3 is 2.42 bits per heavy atom. The van der Waals surface area contributed by atoms with Gasteiger partial charge in [0.2, 0.25) is 10.0 Å². The average molecular weight is 526 g/mol. The molecule has 0 radical (unpaired) electrons. The smallest absolute Gasteiger partial charge is 0.298 e. The van der Waals surface area contributed by atoms with Crippen LogP contribution in [0.15, 0.2) is 59.9 Å². The number of aromatic nitrogens is 3. The highest BCUT2D eigenvalue weighted by atomic mass is 32.2. The van der Waals surface area contributed by atoms with Crippen molar-refractivity contribution in [3.05, 3.63) is 72.2 Å². The Labute approximate surface area is 203 Å². The fourth-order valence-corrected chi connectivity index (χ4v) is 5.53. The Balaban J connectivity index is 1.46. The molecule has 36 heavy (non-hydrogen) atoms. The summed E-state index contributed by atoms with van der Waals surface area (Å²) in [5.41, 5.74) is -0.0607. The van der Waals surface area contributed by atoms with E-state index < -0.39 is 52.3 Å². The van der Waals surface area contributed by atoms with Crippen LogP contribution in [-0.2, 0) is 27.4 Å². The lowest BCUT2D eigenvalue weighted by molar-refractivity contribution is -0.141. The highest BCUT2D eigenvalue weighted by Gasteiger charge is 2.43. The Bertz CT molecular complexity index is 1350. The van der Waals surface area contributed by atoms with Gasteiger partial charge in [-0.05, 0) is 48.9 Å². The summed E-state index contributed by atoms with van der Waals surface area (Å²) >= 11 is 0. The van der Waals surface area contributed by atoms with Crippen molar-refractivity contribution in [2.75, 3.05) is 6.54 Å². The number of pyridine rings is 1. The Kier molecular flexibility index (Phi) is 7.14. The van der Waals surface area contributed by atoms with E-state index in [1.807, 2.05) is 0 Å². The molecule has 2 aromatic heterocycles. The molecule has 1 fully saturated rings. The second-order valence-corrected chi connectivity index (χ2v) is 10.1. The summed E-state index contributed by atoms with van der Waals surface area (Å²) in [6, 6.07) is 6.33. The van der Waals surface area contributed by atoms with E-state index in [-0.39, 0.29) is 24.2 Å². The predicted molar refractivity (Wildman–Crippen MR) is 117 cm³/mol. The molecule has 190 valence electrons. The number of rotatable bonds is 7. The number of Topliss-reactive ketones (excluding diaryl/α,β-unsaturated/α-hetero) is 1. The summed E-state index contributed by atoms with van der Waals surface area (Å²) in [5, 5.41) is 0. The van der Waals surface area contributed by atoms with Crippen molar-refractivity contribution in [1.29, 1.82) is 0 Å². The summed E-state index contributed by atoms with van der Waals surface area (Å²) in [5.74, 6) is -1.15. The molecule has 0 aliphatic carbocycles. The number of sulfonamides is 1. The molecular formula is C23H19F5N4O3S. The number of benzene rings is 1. The minimum Gasteiger partial charge on any atom is -0.298 e. The van der Waals surface area contributed by atoms with Crippen LogP contribution in [0.2, 0.25) is 0 Å². The lowest BCUT2D eigenvalue weighted by Crippen LogP contribution is -2.40. The largest absolute Gasteiger partial charge is 0.433 e. The quantitative estimate of drug-likeness (QED) is 0.432. The standard InChI is InChI=1S/C23H19F5N4O3S/c24-15-2-5-18(6-3-15)36(34,35)32-12-16(25)9-20(32)21(33)7-4-17-10-19(31-13-30-17)14-1-8-22(29-11-14)23(26,27)28/h1-3,5-6,8,10-11,13,16,20H,4,7,9,12H2/t16-,20-/m0/s1. The van der Waals surface area contributed by atoms with E-state index in [0.29, 0.717) is 17.0 Å². The van der Waals surface area contributed by atoms with Crippen molar-refractivity contribution in [3.8, 4) is 11.3 Å². The molecule has 7 nitrogen and oxygen atoms in total. The van der Waals surface area contributed by atoms with Crippen LogP contribution in [-0.4, -0.2) is 52.2 Å². The van der Waals surface area contributed by atoms with Gasteiger partial charge >= 0.3 is 6.18 Å². The zero-order valence-electron chi connectivity index (χ0n) is 18.5. The van der Waals surface area contributed by atoms with Gasteiger partial charge in [-0.25, -0.2) is 27.2 Å². The van der Waals surface area contributed by atoms with Crippen molar-refractivity contribution in [2.24, 2.45) is 0 Å². The molecule has 1 aromatic carbocycles. The van der Waals surface area contributed by atoms with Crippen LogP contribution < -0.4 is 0 Å². The molecule has 13 heteroatoms. The summed E-state index contributed by atoms with van der Waals surface area (Å²) in [7, 11) is -4.23. The van der Waals surface area contributed by atoms with E-state index in [0.717, 1.165) is 40.8 Å². The van der Waals surface area contributed by atoms with Gasteiger partial charge in [0.25, 0.3) is 0 Å². The van der Waals surface area contributed by atoms with Crippen LogP contribution in [0.4, 0.5) is 22.0 Å². The molecule has 0 unspecified atom stereocenters. The fourth-order valence-electron chi connectivity index (χ4n) is 3.88. The maximum Gasteiger partial charge on any atom is 0.433 e.